The molecule has 1 amide bonds. The summed E-state index contributed by atoms with van der Waals surface area (Å²) < 4.78 is 17.8. The summed E-state index contributed by atoms with van der Waals surface area (Å²) in [7, 11) is 0. The third-order valence-electron chi connectivity index (χ3n) is 6.99. The fraction of sp³-hybridized carbons (Fsp3) is 0.258. The van der Waals surface area contributed by atoms with E-state index in [1.807, 2.05) is 45.0 Å². The second kappa shape index (κ2) is 10.3. The Morgan fingerprint density at radius 1 is 1.02 bits per heavy atom. The number of thiazole rings is 1. The predicted octanol–water partition coefficient (Wildman–Crippen LogP) is 6.04. The van der Waals surface area contributed by atoms with Gasteiger partial charge in [0.25, 0.3) is 5.78 Å². The third-order valence-corrected chi connectivity index (χ3v) is 8.00. The van der Waals surface area contributed by atoms with Gasteiger partial charge in [-0.2, -0.15) is 0 Å². The fourth-order valence-corrected chi connectivity index (χ4v) is 6.26. The maximum absolute atomic E-state index is 13.6. The largest absolute Gasteiger partial charge is 0.507 e. The van der Waals surface area contributed by atoms with Crippen LogP contribution in [-0.4, -0.2) is 41.1 Å². The number of rotatable bonds is 7. The van der Waals surface area contributed by atoms with Crippen molar-refractivity contribution in [3.63, 3.8) is 0 Å². The second-order valence-corrected chi connectivity index (χ2v) is 10.7. The van der Waals surface area contributed by atoms with Gasteiger partial charge in [-0.05, 0) is 80.4 Å². The molecular formula is C31H28N2O6S. The van der Waals surface area contributed by atoms with Gasteiger partial charge in [0.05, 0.1) is 35.0 Å². The van der Waals surface area contributed by atoms with E-state index >= 15 is 0 Å². The minimum absolute atomic E-state index is 0.00957. The second-order valence-electron chi connectivity index (χ2n) is 9.69. The van der Waals surface area contributed by atoms with Gasteiger partial charge in [-0.25, -0.2) is 4.98 Å². The molecule has 2 aliphatic heterocycles. The number of aliphatic hydroxyl groups is 1. The number of aliphatic hydroxyl groups excluding tert-OH is 1. The van der Waals surface area contributed by atoms with Crippen molar-refractivity contribution >= 4 is 44.1 Å². The zero-order valence-electron chi connectivity index (χ0n) is 22.3. The molecule has 0 spiro atoms. The summed E-state index contributed by atoms with van der Waals surface area (Å²) in [5, 5.41) is 11.9. The Balaban J connectivity index is 1.49. The molecule has 204 valence electrons. The number of benzene rings is 3. The number of anilines is 1. The number of aromatic nitrogens is 1. The molecule has 2 atom stereocenters. The van der Waals surface area contributed by atoms with Crippen LogP contribution in [0.3, 0.4) is 0 Å². The molecule has 9 heteroatoms. The van der Waals surface area contributed by atoms with Crippen LogP contribution in [0.1, 0.15) is 43.5 Å². The lowest BCUT2D eigenvalue weighted by Gasteiger charge is -2.23. The summed E-state index contributed by atoms with van der Waals surface area (Å²) in [6, 6.07) is 17.2. The number of carbonyl (C=O) groups is 2. The first-order chi connectivity index (χ1) is 19.4. The van der Waals surface area contributed by atoms with Crippen molar-refractivity contribution in [2.75, 3.05) is 18.1 Å². The van der Waals surface area contributed by atoms with Gasteiger partial charge in [-0.3, -0.25) is 14.5 Å². The van der Waals surface area contributed by atoms with Crippen molar-refractivity contribution in [1.82, 2.24) is 4.98 Å². The molecule has 1 saturated heterocycles. The van der Waals surface area contributed by atoms with E-state index in [1.165, 1.54) is 16.2 Å². The van der Waals surface area contributed by atoms with Crippen LogP contribution in [0.2, 0.25) is 0 Å². The van der Waals surface area contributed by atoms with E-state index in [0.717, 1.165) is 16.0 Å². The van der Waals surface area contributed by atoms with Gasteiger partial charge in [0.15, 0.2) is 5.13 Å². The highest BCUT2D eigenvalue weighted by atomic mass is 32.1. The van der Waals surface area contributed by atoms with Crippen LogP contribution in [0.25, 0.3) is 16.0 Å². The number of ether oxygens (including phenoxy) is 3. The average molecular weight is 557 g/mol. The van der Waals surface area contributed by atoms with Crippen molar-refractivity contribution in [2.24, 2.45) is 0 Å². The number of carbonyl (C=O) groups excluding carboxylic acids is 2. The molecule has 3 heterocycles. The lowest BCUT2D eigenvalue weighted by atomic mass is 9.94. The molecule has 4 aromatic rings. The smallest absolute Gasteiger partial charge is 0.301 e. The Hall–Kier alpha value is -4.37. The average Bonchev–Trinajstić information content (AvgIpc) is 3.61. The van der Waals surface area contributed by atoms with E-state index < -0.39 is 17.7 Å². The fourth-order valence-electron chi connectivity index (χ4n) is 5.24. The maximum Gasteiger partial charge on any atom is 0.301 e. The summed E-state index contributed by atoms with van der Waals surface area (Å²) in [5.74, 6) is 0.373. The number of hydrogen-bond acceptors (Lipinski definition) is 8. The topological polar surface area (TPSA) is 98.2 Å². The van der Waals surface area contributed by atoms with Crippen molar-refractivity contribution in [2.45, 2.75) is 39.3 Å². The van der Waals surface area contributed by atoms with Crippen LogP contribution < -0.4 is 19.1 Å². The van der Waals surface area contributed by atoms with E-state index in [9.17, 15) is 14.7 Å². The molecule has 0 aliphatic carbocycles. The molecule has 40 heavy (non-hydrogen) atoms. The zero-order chi connectivity index (χ0) is 28.0. The van der Waals surface area contributed by atoms with Crippen LogP contribution in [0.5, 0.6) is 17.2 Å². The van der Waals surface area contributed by atoms with Gasteiger partial charge in [-0.15, -0.1) is 0 Å². The molecule has 1 N–H and O–H groups in total. The zero-order valence-corrected chi connectivity index (χ0v) is 23.2. The maximum atomic E-state index is 13.6. The van der Waals surface area contributed by atoms with Gasteiger partial charge < -0.3 is 19.3 Å². The SMILES string of the molecule is CCOc1ccc([C@@H]2/C(=C(\O)c3ccc4c(c3)C[C@H](C)O4)C(=O)C(=O)N2c2nc3ccc(OCC)cc3s2)cc1. The summed E-state index contributed by atoms with van der Waals surface area (Å²) in [6.07, 6.45) is 0.729. The normalized spacial score (nSPS) is 19.6. The van der Waals surface area contributed by atoms with Crippen LogP contribution in [-0.2, 0) is 16.0 Å². The third kappa shape index (κ3) is 4.46. The molecule has 0 radical (unpaired) electrons. The summed E-state index contributed by atoms with van der Waals surface area (Å²) in [4.78, 5) is 33.3. The lowest BCUT2D eigenvalue weighted by Crippen LogP contribution is -2.29. The molecule has 8 nitrogen and oxygen atoms in total. The molecule has 2 aliphatic rings. The van der Waals surface area contributed by atoms with Crippen molar-refractivity contribution in [1.29, 1.82) is 0 Å². The summed E-state index contributed by atoms with van der Waals surface area (Å²) >= 11 is 1.29. The van der Waals surface area contributed by atoms with E-state index in [-0.39, 0.29) is 17.4 Å². The predicted molar refractivity (Wildman–Crippen MR) is 153 cm³/mol. The van der Waals surface area contributed by atoms with Crippen LogP contribution in [0.15, 0.2) is 66.2 Å². The number of hydrogen-bond donors (Lipinski definition) is 1. The van der Waals surface area contributed by atoms with E-state index in [2.05, 4.69) is 0 Å². The minimum atomic E-state index is -0.883. The van der Waals surface area contributed by atoms with Crippen LogP contribution in [0.4, 0.5) is 5.13 Å². The van der Waals surface area contributed by atoms with Gasteiger partial charge in [0, 0.05) is 12.0 Å². The number of ketones is 1. The monoisotopic (exact) mass is 556 g/mol. The first-order valence-electron chi connectivity index (χ1n) is 13.2. The Kier molecular flexibility index (Phi) is 6.67. The summed E-state index contributed by atoms with van der Waals surface area (Å²) in [6.45, 7) is 6.82. The van der Waals surface area contributed by atoms with Crippen LogP contribution >= 0.6 is 11.3 Å². The molecule has 0 unspecified atom stereocenters. The van der Waals surface area contributed by atoms with Gasteiger partial charge in [0.2, 0.25) is 0 Å². The summed E-state index contributed by atoms with van der Waals surface area (Å²) in [5.41, 5.74) is 2.74. The molecule has 0 bridgehead atoms. The number of fused-ring (bicyclic) bond motifs is 2. The highest BCUT2D eigenvalue weighted by Gasteiger charge is 2.48. The van der Waals surface area contributed by atoms with E-state index in [4.69, 9.17) is 19.2 Å². The molecular weight excluding hydrogens is 528 g/mol. The number of Topliss-reactive ketones (excluding diaryl/α,β-unsaturated/α-hetero) is 1. The van der Waals surface area contributed by atoms with Crippen molar-refractivity contribution in [3.05, 3.63) is 82.9 Å². The quantitative estimate of drug-likeness (QED) is 0.168. The van der Waals surface area contributed by atoms with E-state index in [1.54, 1.807) is 36.4 Å². The Morgan fingerprint density at radius 2 is 1.75 bits per heavy atom. The molecule has 1 fully saturated rings. The number of amides is 1. The van der Waals surface area contributed by atoms with Gasteiger partial charge in [-0.1, -0.05) is 23.5 Å². The Bertz CT molecular complexity index is 1660. The molecule has 0 saturated carbocycles. The van der Waals surface area contributed by atoms with Gasteiger partial charge >= 0.3 is 5.91 Å². The molecule has 1 aromatic heterocycles. The Labute approximate surface area is 235 Å². The van der Waals surface area contributed by atoms with E-state index in [0.29, 0.717) is 52.9 Å². The molecule has 3 aromatic carbocycles. The first-order valence-corrected chi connectivity index (χ1v) is 14.1. The van der Waals surface area contributed by atoms with Gasteiger partial charge in [0.1, 0.15) is 29.1 Å². The number of nitrogens with zero attached hydrogens (tertiary/aromatic N) is 2. The lowest BCUT2D eigenvalue weighted by molar-refractivity contribution is -0.132. The standard InChI is InChI=1S/C31H28N2O6S/c1-4-37-21-9-6-18(7-10-21)27-26(28(34)19-8-13-24-20(15-19)14-17(3)39-24)29(35)30(36)33(27)31-32-23-12-11-22(38-5-2)16-25(23)40-31/h6-13,15-17,27,34H,4-5,14H2,1-3H3/b28-26+/t17-,27+/m0/s1. The highest BCUT2D eigenvalue weighted by molar-refractivity contribution is 7.22. The minimum Gasteiger partial charge on any atom is -0.507 e. The van der Waals surface area contributed by atoms with Crippen molar-refractivity contribution in [3.8, 4) is 17.2 Å². The Morgan fingerprint density at radius 3 is 2.50 bits per heavy atom. The highest BCUT2D eigenvalue weighted by Crippen LogP contribution is 2.45. The van der Waals surface area contributed by atoms with Crippen molar-refractivity contribution < 1.29 is 28.9 Å². The van der Waals surface area contributed by atoms with Crippen LogP contribution in [0, 0.1) is 0 Å². The molecule has 6 rings (SSSR count). The first kappa shape index (κ1) is 25.9.